The third-order valence-electron chi connectivity index (χ3n) is 4.23. The standard InChI is InChI=1S/C24H32N2O5/c1-17-9-8-12-20(13-17)30-16-19(27)15-25-22(28)21(14-18-10-6-5-7-11-18)26-23(29)31-24(2,3)4/h5-13,19,21,27H,14-16H2,1-4H3,(H,25,28)(H,26,29)/t19-,21-/m0/s1. The van der Waals surface area contributed by atoms with Gasteiger partial charge in [-0.3, -0.25) is 4.79 Å². The molecule has 0 saturated carbocycles. The smallest absolute Gasteiger partial charge is 0.408 e. The van der Waals surface area contributed by atoms with Gasteiger partial charge in [-0.05, 0) is 51.0 Å². The molecule has 2 atom stereocenters. The van der Waals surface area contributed by atoms with E-state index in [-0.39, 0.29) is 13.2 Å². The monoisotopic (exact) mass is 428 g/mol. The number of aliphatic hydroxyl groups is 1. The summed E-state index contributed by atoms with van der Waals surface area (Å²) in [5.41, 5.74) is 1.26. The molecular formula is C24H32N2O5. The summed E-state index contributed by atoms with van der Waals surface area (Å²) in [4.78, 5) is 24.9. The molecule has 0 saturated heterocycles. The minimum Gasteiger partial charge on any atom is -0.491 e. The molecular weight excluding hydrogens is 396 g/mol. The van der Waals surface area contributed by atoms with Crippen LogP contribution in [0, 0.1) is 6.92 Å². The van der Waals surface area contributed by atoms with Crippen LogP contribution in [-0.2, 0) is 16.0 Å². The molecule has 2 amide bonds. The summed E-state index contributed by atoms with van der Waals surface area (Å²) >= 11 is 0. The van der Waals surface area contributed by atoms with Gasteiger partial charge >= 0.3 is 6.09 Å². The van der Waals surface area contributed by atoms with Gasteiger partial charge in [0.05, 0.1) is 0 Å². The highest BCUT2D eigenvalue weighted by molar-refractivity contribution is 5.86. The van der Waals surface area contributed by atoms with Crippen LogP contribution in [-0.4, -0.2) is 48.0 Å². The predicted octanol–water partition coefficient (Wildman–Crippen LogP) is 2.99. The van der Waals surface area contributed by atoms with Crippen molar-refractivity contribution in [3.63, 3.8) is 0 Å². The van der Waals surface area contributed by atoms with Gasteiger partial charge in [-0.25, -0.2) is 4.79 Å². The number of hydrogen-bond donors (Lipinski definition) is 3. The van der Waals surface area contributed by atoms with E-state index in [2.05, 4.69) is 10.6 Å². The fraction of sp³-hybridized carbons (Fsp3) is 0.417. The fourth-order valence-corrected chi connectivity index (χ4v) is 2.81. The Balaban J connectivity index is 1.91. The van der Waals surface area contributed by atoms with Gasteiger partial charge in [0.1, 0.15) is 30.1 Å². The molecule has 0 fully saturated rings. The van der Waals surface area contributed by atoms with Crippen LogP contribution in [0.25, 0.3) is 0 Å². The number of aryl methyl sites for hydroxylation is 1. The highest BCUT2D eigenvalue weighted by Crippen LogP contribution is 2.12. The number of carbonyl (C=O) groups is 2. The SMILES string of the molecule is Cc1cccc(OC[C@@H](O)CNC(=O)[C@H](Cc2ccccc2)NC(=O)OC(C)(C)C)c1. The molecule has 0 aliphatic carbocycles. The zero-order valence-electron chi connectivity index (χ0n) is 18.6. The quantitative estimate of drug-likeness (QED) is 0.571. The van der Waals surface area contributed by atoms with Crippen LogP contribution in [0.5, 0.6) is 5.75 Å². The van der Waals surface area contributed by atoms with E-state index in [4.69, 9.17) is 9.47 Å². The second-order valence-electron chi connectivity index (χ2n) is 8.42. The first-order chi connectivity index (χ1) is 14.6. The number of nitrogens with one attached hydrogen (secondary N) is 2. The molecule has 0 aliphatic rings. The van der Waals surface area contributed by atoms with E-state index in [0.717, 1.165) is 11.1 Å². The van der Waals surface area contributed by atoms with Crippen molar-refractivity contribution in [1.29, 1.82) is 0 Å². The summed E-state index contributed by atoms with van der Waals surface area (Å²) in [6.45, 7) is 7.24. The Morgan fingerprint density at radius 3 is 2.42 bits per heavy atom. The van der Waals surface area contributed by atoms with Crippen LogP contribution < -0.4 is 15.4 Å². The summed E-state index contributed by atoms with van der Waals surface area (Å²) in [7, 11) is 0. The van der Waals surface area contributed by atoms with Crippen molar-refractivity contribution in [2.24, 2.45) is 0 Å². The van der Waals surface area contributed by atoms with E-state index < -0.39 is 29.7 Å². The number of hydrogen-bond acceptors (Lipinski definition) is 5. The van der Waals surface area contributed by atoms with Crippen LogP contribution in [0.1, 0.15) is 31.9 Å². The molecule has 3 N–H and O–H groups in total. The molecule has 168 valence electrons. The molecule has 0 unspecified atom stereocenters. The van der Waals surface area contributed by atoms with E-state index in [1.807, 2.05) is 55.5 Å². The van der Waals surface area contributed by atoms with E-state index in [1.54, 1.807) is 26.8 Å². The molecule has 2 aromatic rings. The molecule has 2 aromatic carbocycles. The third-order valence-corrected chi connectivity index (χ3v) is 4.23. The predicted molar refractivity (Wildman–Crippen MR) is 119 cm³/mol. The summed E-state index contributed by atoms with van der Waals surface area (Å²) in [5.74, 6) is 0.239. The van der Waals surface area contributed by atoms with Crippen molar-refractivity contribution in [1.82, 2.24) is 10.6 Å². The molecule has 0 bridgehead atoms. The Kier molecular flexibility index (Phi) is 8.88. The normalized spacial score (nSPS) is 13.1. The zero-order valence-corrected chi connectivity index (χ0v) is 18.6. The van der Waals surface area contributed by atoms with Gasteiger partial charge < -0.3 is 25.2 Å². The molecule has 0 heterocycles. The lowest BCUT2D eigenvalue weighted by molar-refractivity contribution is -0.123. The minimum atomic E-state index is -0.900. The van der Waals surface area contributed by atoms with Crippen molar-refractivity contribution >= 4 is 12.0 Å². The lowest BCUT2D eigenvalue weighted by Crippen LogP contribution is -2.50. The van der Waals surface area contributed by atoms with Crippen molar-refractivity contribution in [2.75, 3.05) is 13.2 Å². The third kappa shape index (κ3) is 9.53. The van der Waals surface area contributed by atoms with Gasteiger partial charge in [0.15, 0.2) is 0 Å². The van der Waals surface area contributed by atoms with Crippen molar-refractivity contribution in [2.45, 2.75) is 51.9 Å². The molecule has 0 spiro atoms. The molecule has 0 radical (unpaired) electrons. The minimum absolute atomic E-state index is 0.00800. The zero-order chi connectivity index (χ0) is 22.9. The van der Waals surface area contributed by atoms with Crippen LogP contribution in [0.2, 0.25) is 0 Å². The maximum absolute atomic E-state index is 12.7. The van der Waals surface area contributed by atoms with Gasteiger partial charge in [-0.2, -0.15) is 0 Å². The second kappa shape index (κ2) is 11.4. The number of benzene rings is 2. The van der Waals surface area contributed by atoms with Crippen LogP contribution in [0.3, 0.4) is 0 Å². The molecule has 31 heavy (non-hydrogen) atoms. The largest absolute Gasteiger partial charge is 0.491 e. The average Bonchev–Trinajstić information content (AvgIpc) is 2.69. The maximum atomic E-state index is 12.7. The Morgan fingerprint density at radius 1 is 1.06 bits per heavy atom. The van der Waals surface area contributed by atoms with E-state index in [9.17, 15) is 14.7 Å². The Morgan fingerprint density at radius 2 is 1.77 bits per heavy atom. The highest BCUT2D eigenvalue weighted by atomic mass is 16.6. The van der Waals surface area contributed by atoms with Gasteiger partial charge in [-0.1, -0.05) is 42.5 Å². The molecule has 0 aromatic heterocycles. The molecule has 2 rings (SSSR count). The van der Waals surface area contributed by atoms with E-state index in [1.165, 1.54) is 0 Å². The van der Waals surface area contributed by atoms with E-state index in [0.29, 0.717) is 12.2 Å². The summed E-state index contributed by atoms with van der Waals surface area (Å²) in [5, 5.41) is 15.5. The van der Waals surface area contributed by atoms with Crippen LogP contribution >= 0.6 is 0 Å². The Bertz CT molecular complexity index is 849. The van der Waals surface area contributed by atoms with Crippen molar-refractivity contribution in [3.8, 4) is 5.75 Å². The lowest BCUT2D eigenvalue weighted by atomic mass is 10.1. The number of amides is 2. The topological polar surface area (TPSA) is 96.9 Å². The first-order valence-corrected chi connectivity index (χ1v) is 10.3. The second-order valence-corrected chi connectivity index (χ2v) is 8.42. The average molecular weight is 429 g/mol. The first-order valence-electron chi connectivity index (χ1n) is 10.3. The Labute approximate surface area is 183 Å². The summed E-state index contributed by atoms with van der Waals surface area (Å²) < 4.78 is 10.8. The number of carbonyl (C=O) groups excluding carboxylic acids is 2. The maximum Gasteiger partial charge on any atom is 0.408 e. The van der Waals surface area contributed by atoms with Crippen LogP contribution in [0.15, 0.2) is 54.6 Å². The lowest BCUT2D eigenvalue weighted by Gasteiger charge is -2.24. The van der Waals surface area contributed by atoms with Crippen molar-refractivity contribution in [3.05, 3.63) is 65.7 Å². The van der Waals surface area contributed by atoms with Crippen LogP contribution in [0.4, 0.5) is 4.79 Å². The Hall–Kier alpha value is -3.06. The molecule has 7 nitrogen and oxygen atoms in total. The number of alkyl carbamates (subject to hydrolysis) is 1. The van der Waals surface area contributed by atoms with Crippen molar-refractivity contribution < 1.29 is 24.2 Å². The van der Waals surface area contributed by atoms with Gasteiger partial charge in [0.2, 0.25) is 5.91 Å². The summed E-state index contributed by atoms with van der Waals surface area (Å²) in [6.07, 6.45) is -1.28. The van der Waals surface area contributed by atoms with Gasteiger partial charge in [0, 0.05) is 13.0 Å². The number of aliphatic hydroxyl groups excluding tert-OH is 1. The highest BCUT2D eigenvalue weighted by Gasteiger charge is 2.25. The number of rotatable bonds is 9. The van der Waals surface area contributed by atoms with E-state index >= 15 is 0 Å². The van der Waals surface area contributed by atoms with Gasteiger partial charge in [0.25, 0.3) is 0 Å². The molecule has 0 aliphatic heterocycles. The van der Waals surface area contributed by atoms with Gasteiger partial charge in [-0.15, -0.1) is 0 Å². The fourth-order valence-electron chi connectivity index (χ4n) is 2.81. The molecule has 7 heteroatoms. The summed E-state index contributed by atoms with van der Waals surface area (Å²) in [6, 6.07) is 16.0. The first kappa shape index (κ1) is 24.2. The number of ether oxygens (including phenoxy) is 2.